The number of halogens is 1. The van der Waals surface area contributed by atoms with Crippen LogP contribution in [0.1, 0.15) is 18.4 Å². The standard InChI is InChI=1S/C8H12BrN3O2S/c1-3-5-7(9)8(10)12-6(11-5)4-15(2,13)14/h3-4H2,1-2H3,(H2,10,11,12). The van der Waals surface area contributed by atoms with E-state index in [0.717, 1.165) is 11.9 Å². The highest BCUT2D eigenvalue weighted by atomic mass is 79.9. The lowest BCUT2D eigenvalue weighted by Gasteiger charge is -2.06. The number of aryl methyl sites for hydroxylation is 1. The van der Waals surface area contributed by atoms with Gasteiger partial charge in [-0.05, 0) is 22.4 Å². The predicted octanol–water partition coefficient (Wildman–Crippen LogP) is 0.928. The lowest BCUT2D eigenvalue weighted by atomic mass is 10.3. The minimum atomic E-state index is -3.13. The number of hydrogen-bond acceptors (Lipinski definition) is 5. The van der Waals surface area contributed by atoms with Crippen molar-refractivity contribution in [3.63, 3.8) is 0 Å². The molecule has 0 radical (unpaired) electrons. The third kappa shape index (κ3) is 3.42. The van der Waals surface area contributed by atoms with E-state index in [4.69, 9.17) is 5.73 Å². The quantitative estimate of drug-likeness (QED) is 0.896. The van der Waals surface area contributed by atoms with Crippen LogP contribution in [0.4, 0.5) is 5.82 Å². The summed E-state index contributed by atoms with van der Waals surface area (Å²) in [5.41, 5.74) is 6.35. The van der Waals surface area contributed by atoms with Crippen LogP contribution in [-0.4, -0.2) is 24.6 Å². The van der Waals surface area contributed by atoms with E-state index < -0.39 is 9.84 Å². The number of nitrogens with zero attached hydrogens (tertiary/aromatic N) is 2. The van der Waals surface area contributed by atoms with Crippen LogP contribution in [0.5, 0.6) is 0 Å². The molecule has 0 amide bonds. The van der Waals surface area contributed by atoms with Gasteiger partial charge in [0.2, 0.25) is 0 Å². The van der Waals surface area contributed by atoms with Crippen molar-refractivity contribution in [2.24, 2.45) is 0 Å². The number of nitrogen functional groups attached to an aromatic ring is 1. The van der Waals surface area contributed by atoms with Crippen LogP contribution in [0.25, 0.3) is 0 Å². The molecule has 0 unspecified atom stereocenters. The number of rotatable bonds is 3. The van der Waals surface area contributed by atoms with Crippen LogP contribution >= 0.6 is 15.9 Å². The molecule has 1 aromatic rings. The van der Waals surface area contributed by atoms with Crippen LogP contribution in [0.3, 0.4) is 0 Å². The molecule has 1 heterocycles. The van der Waals surface area contributed by atoms with Crippen LogP contribution in [0, 0.1) is 0 Å². The summed E-state index contributed by atoms with van der Waals surface area (Å²) in [6, 6.07) is 0. The van der Waals surface area contributed by atoms with Gasteiger partial charge in [-0.25, -0.2) is 18.4 Å². The molecule has 0 saturated carbocycles. The number of hydrogen-bond donors (Lipinski definition) is 1. The molecule has 0 aliphatic carbocycles. The van der Waals surface area contributed by atoms with Crippen molar-refractivity contribution in [3.05, 3.63) is 16.0 Å². The molecule has 5 nitrogen and oxygen atoms in total. The van der Waals surface area contributed by atoms with Gasteiger partial charge < -0.3 is 5.73 Å². The van der Waals surface area contributed by atoms with E-state index in [9.17, 15) is 8.42 Å². The Morgan fingerprint density at radius 2 is 2.00 bits per heavy atom. The summed E-state index contributed by atoms with van der Waals surface area (Å²) in [5, 5.41) is 0. The number of nitrogens with two attached hydrogens (primary N) is 1. The van der Waals surface area contributed by atoms with E-state index >= 15 is 0 Å². The molecule has 0 spiro atoms. The first-order chi connectivity index (χ1) is 6.83. The van der Waals surface area contributed by atoms with Gasteiger partial charge in [-0.3, -0.25) is 0 Å². The molecule has 0 saturated heterocycles. The summed E-state index contributed by atoms with van der Waals surface area (Å²) in [4.78, 5) is 8.03. The largest absolute Gasteiger partial charge is 0.383 e. The molecular formula is C8H12BrN3O2S. The Labute approximate surface area is 97.2 Å². The van der Waals surface area contributed by atoms with Gasteiger partial charge in [0.05, 0.1) is 10.2 Å². The molecule has 15 heavy (non-hydrogen) atoms. The molecule has 0 bridgehead atoms. The Balaban J connectivity index is 3.17. The normalized spacial score (nSPS) is 11.7. The third-order valence-corrected chi connectivity index (χ3v) is 3.36. The summed E-state index contributed by atoms with van der Waals surface area (Å²) in [6.45, 7) is 1.91. The fourth-order valence-electron chi connectivity index (χ4n) is 1.10. The van der Waals surface area contributed by atoms with Crippen LogP contribution < -0.4 is 5.73 Å². The summed E-state index contributed by atoms with van der Waals surface area (Å²) >= 11 is 3.25. The van der Waals surface area contributed by atoms with E-state index in [1.165, 1.54) is 0 Å². The highest BCUT2D eigenvalue weighted by molar-refractivity contribution is 9.10. The summed E-state index contributed by atoms with van der Waals surface area (Å²) in [7, 11) is -3.13. The van der Waals surface area contributed by atoms with Crippen LogP contribution in [0.2, 0.25) is 0 Å². The average molecular weight is 294 g/mol. The van der Waals surface area contributed by atoms with Gasteiger partial charge in [0.1, 0.15) is 17.4 Å². The van der Waals surface area contributed by atoms with Gasteiger partial charge in [0.15, 0.2) is 9.84 Å². The van der Waals surface area contributed by atoms with Gasteiger partial charge in [-0.15, -0.1) is 0 Å². The molecule has 2 N–H and O–H groups in total. The van der Waals surface area contributed by atoms with Crippen molar-refractivity contribution in [2.45, 2.75) is 19.1 Å². The molecule has 1 rings (SSSR count). The van der Waals surface area contributed by atoms with Crippen molar-refractivity contribution < 1.29 is 8.42 Å². The first-order valence-corrected chi connectivity index (χ1v) is 7.17. The smallest absolute Gasteiger partial charge is 0.154 e. The highest BCUT2D eigenvalue weighted by Gasteiger charge is 2.12. The molecule has 0 aliphatic heterocycles. The third-order valence-electron chi connectivity index (χ3n) is 1.72. The second-order valence-electron chi connectivity index (χ2n) is 3.21. The zero-order valence-electron chi connectivity index (χ0n) is 8.49. The SMILES string of the molecule is CCc1nc(CS(C)(=O)=O)nc(N)c1Br. The maximum absolute atomic E-state index is 11.1. The first kappa shape index (κ1) is 12.4. The molecule has 1 aromatic heterocycles. The maximum Gasteiger partial charge on any atom is 0.154 e. The van der Waals surface area contributed by atoms with Crippen molar-refractivity contribution in [2.75, 3.05) is 12.0 Å². The summed E-state index contributed by atoms with van der Waals surface area (Å²) in [6.07, 6.45) is 1.81. The summed E-state index contributed by atoms with van der Waals surface area (Å²) < 4.78 is 22.8. The number of sulfone groups is 1. The molecule has 84 valence electrons. The second-order valence-corrected chi connectivity index (χ2v) is 6.14. The fourth-order valence-corrected chi connectivity index (χ4v) is 2.15. The Kier molecular flexibility index (Phi) is 3.67. The van der Waals surface area contributed by atoms with E-state index in [0.29, 0.717) is 10.9 Å². The van der Waals surface area contributed by atoms with Gasteiger partial charge in [0.25, 0.3) is 0 Å². The Bertz CT molecular complexity index is 473. The van der Waals surface area contributed by atoms with Crippen LogP contribution in [-0.2, 0) is 22.0 Å². The van der Waals surface area contributed by atoms with E-state index in [2.05, 4.69) is 25.9 Å². The van der Waals surface area contributed by atoms with E-state index in [1.807, 2.05) is 6.92 Å². The lowest BCUT2D eigenvalue weighted by Crippen LogP contribution is -2.09. The minimum Gasteiger partial charge on any atom is -0.383 e. The van der Waals surface area contributed by atoms with Crippen molar-refractivity contribution in [1.82, 2.24) is 9.97 Å². The molecule has 0 atom stereocenters. The average Bonchev–Trinajstić information content (AvgIpc) is 2.08. The fraction of sp³-hybridized carbons (Fsp3) is 0.500. The molecule has 0 fully saturated rings. The molecule has 0 aromatic carbocycles. The minimum absolute atomic E-state index is 0.183. The molecule has 0 aliphatic rings. The van der Waals surface area contributed by atoms with Gasteiger partial charge in [-0.1, -0.05) is 6.92 Å². The van der Waals surface area contributed by atoms with Crippen LogP contribution in [0.15, 0.2) is 4.47 Å². The monoisotopic (exact) mass is 293 g/mol. The summed E-state index contributed by atoms with van der Waals surface area (Å²) in [5.74, 6) is 0.341. The Morgan fingerprint density at radius 1 is 1.40 bits per heavy atom. The van der Waals surface area contributed by atoms with E-state index in [-0.39, 0.29) is 17.4 Å². The zero-order valence-corrected chi connectivity index (χ0v) is 10.9. The Morgan fingerprint density at radius 3 is 2.47 bits per heavy atom. The first-order valence-electron chi connectivity index (χ1n) is 4.32. The Hall–Kier alpha value is -0.690. The van der Waals surface area contributed by atoms with Gasteiger partial charge in [0, 0.05) is 6.26 Å². The topological polar surface area (TPSA) is 85.9 Å². The predicted molar refractivity (Wildman–Crippen MR) is 62.1 cm³/mol. The lowest BCUT2D eigenvalue weighted by molar-refractivity contribution is 0.599. The second kappa shape index (κ2) is 4.44. The molecule has 7 heteroatoms. The van der Waals surface area contributed by atoms with Crippen molar-refractivity contribution in [3.8, 4) is 0 Å². The highest BCUT2D eigenvalue weighted by Crippen LogP contribution is 2.21. The van der Waals surface area contributed by atoms with Crippen molar-refractivity contribution >= 4 is 31.6 Å². The van der Waals surface area contributed by atoms with E-state index in [1.54, 1.807) is 0 Å². The number of anilines is 1. The maximum atomic E-state index is 11.1. The van der Waals surface area contributed by atoms with Crippen molar-refractivity contribution in [1.29, 1.82) is 0 Å². The molecular weight excluding hydrogens is 282 g/mol. The van der Waals surface area contributed by atoms with Gasteiger partial charge in [-0.2, -0.15) is 0 Å². The zero-order chi connectivity index (χ0) is 11.6. The van der Waals surface area contributed by atoms with Gasteiger partial charge >= 0.3 is 0 Å². The number of aromatic nitrogens is 2.